The molecule has 3 rings (SSSR count). The summed E-state index contributed by atoms with van der Waals surface area (Å²) in [6.07, 6.45) is 0. The average Bonchev–Trinajstić information content (AvgIpc) is 2.87. The maximum absolute atomic E-state index is 11.5. The summed E-state index contributed by atoms with van der Waals surface area (Å²) in [5.74, 6) is -1.00. The quantitative estimate of drug-likeness (QED) is 0.768. The van der Waals surface area contributed by atoms with E-state index in [9.17, 15) is 9.90 Å². The number of fused-ring (bicyclic) bond motifs is 1. The number of rotatable bonds is 4. The van der Waals surface area contributed by atoms with Crippen LogP contribution in [0.1, 0.15) is 21.7 Å². The third kappa shape index (κ3) is 2.39. The third-order valence-corrected chi connectivity index (χ3v) is 3.44. The second-order valence-electron chi connectivity index (χ2n) is 4.80. The van der Waals surface area contributed by atoms with Gasteiger partial charge in [-0.3, -0.25) is 0 Å². The molecule has 0 spiro atoms. The Morgan fingerprint density at radius 1 is 1.14 bits per heavy atom. The van der Waals surface area contributed by atoms with Crippen molar-refractivity contribution in [3.63, 3.8) is 0 Å². The molecule has 0 aliphatic rings. The molecule has 0 bridgehead atoms. The Balaban J connectivity index is 2.22. The summed E-state index contributed by atoms with van der Waals surface area (Å²) in [5, 5.41) is 9.39. The van der Waals surface area contributed by atoms with Gasteiger partial charge in [-0.1, -0.05) is 42.5 Å². The van der Waals surface area contributed by atoms with Crippen molar-refractivity contribution in [1.29, 1.82) is 0 Å². The number of hydrogen-bond donors (Lipinski definition) is 2. The first-order valence-electron chi connectivity index (χ1n) is 6.66. The number of benzene rings is 2. The van der Waals surface area contributed by atoms with Gasteiger partial charge in [-0.15, -0.1) is 0 Å². The van der Waals surface area contributed by atoms with Crippen LogP contribution in [0.2, 0.25) is 0 Å². The highest BCUT2D eigenvalue weighted by molar-refractivity contribution is 5.91. The second kappa shape index (κ2) is 5.38. The zero-order valence-electron chi connectivity index (χ0n) is 11.4. The van der Waals surface area contributed by atoms with Crippen LogP contribution < -0.4 is 5.73 Å². The summed E-state index contributed by atoms with van der Waals surface area (Å²) in [5.41, 5.74) is 9.14. The Labute approximate surface area is 121 Å². The summed E-state index contributed by atoms with van der Waals surface area (Å²) in [6.45, 7) is 0.798. The number of imidazole rings is 1. The van der Waals surface area contributed by atoms with Gasteiger partial charge in [0.25, 0.3) is 0 Å². The lowest BCUT2D eigenvalue weighted by Gasteiger charge is -2.09. The maximum atomic E-state index is 11.5. The van der Waals surface area contributed by atoms with Crippen LogP contribution in [0.4, 0.5) is 0 Å². The van der Waals surface area contributed by atoms with Gasteiger partial charge in [0.2, 0.25) is 5.82 Å². The van der Waals surface area contributed by atoms with Crippen LogP contribution in [-0.2, 0) is 13.1 Å². The average molecular weight is 281 g/mol. The van der Waals surface area contributed by atoms with E-state index >= 15 is 0 Å². The fraction of sp³-hybridized carbons (Fsp3) is 0.125. The fourth-order valence-electron chi connectivity index (χ4n) is 2.51. The Bertz CT molecular complexity index is 794. The molecule has 0 atom stereocenters. The van der Waals surface area contributed by atoms with Gasteiger partial charge in [0, 0.05) is 13.1 Å². The molecule has 0 saturated heterocycles. The number of aromatic nitrogens is 2. The minimum Gasteiger partial charge on any atom is -0.475 e. The Kier molecular flexibility index (Phi) is 3.41. The lowest BCUT2D eigenvalue weighted by Crippen LogP contribution is -2.12. The number of nitrogens with two attached hydrogens (primary N) is 1. The van der Waals surface area contributed by atoms with Gasteiger partial charge in [0.05, 0.1) is 11.0 Å². The van der Waals surface area contributed by atoms with Crippen molar-refractivity contribution in [2.75, 3.05) is 0 Å². The highest BCUT2D eigenvalue weighted by Gasteiger charge is 2.18. The molecule has 0 saturated carbocycles. The second-order valence-corrected chi connectivity index (χ2v) is 4.80. The standard InChI is InChI=1S/C16H15N3O2/c17-9-12-7-4-8-13-14(12)19(15(18-13)16(20)21)10-11-5-2-1-3-6-11/h1-8H,9-10,17H2,(H,20,21). The molecule has 0 amide bonds. The van der Waals surface area contributed by atoms with Crippen molar-refractivity contribution in [1.82, 2.24) is 9.55 Å². The normalized spacial score (nSPS) is 10.9. The number of hydrogen-bond acceptors (Lipinski definition) is 3. The van der Waals surface area contributed by atoms with Crippen molar-refractivity contribution in [2.24, 2.45) is 5.73 Å². The summed E-state index contributed by atoms with van der Waals surface area (Å²) in [7, 11) is 0. The molecular formula is C16H15N3O2. The van der Waals surface area contributed by atoms with Crippen LogP contribution in [-0.4, -0.2) is 20.6 Å². The highest BCUT2D eigenvalue weighted by Crippen LogP contribution is 2.22. The van der Waals surface area contributed by atoms with E-state index < -0.39 is 5.97 Å². The van der Waals surface area contributed by atoms with E-state index in [-0.39, 0.29) is 5.82 Å². The van der Waals surface area contributed by atoms with Gasteiger partial charge < -0.3 is 15.4 Å². The minimum absolute atomic E-state index is 0.0368. The molecule has 1 aromatic heterocycles. The van der Waals surface area contributed by atoms with Gasteiger partial charge in [0.1, 0.15) is 0 Å². The smallest absolute Gasteiger partial charge is 0.372 e. The van der Waals surface area contributed by atoms with E-state index in [2.05, 4.69) is 4.98 Å². The molecule has 0 radical (unpaired) electrons. The van der Waals surface area contributed by atoms with Crippen LogP contribution in [0.25, 0.3) is 11.0 Å². The Morgan fingerprint density at radius 3 is 2.57 bits per heavy atom. The van der Waals surface area contributed by atoms with Crippen LogP contribution in [0, 0.1) is 0 Å². The molecule has 3 N–H and O–H groups in total. The van der Waals surface area contributed by atoms with Gasteiger partial charge >= 0.3 is 5.97 Å². The molecule has 5 heteroatoms. The fourth-order valence-corrected chi connectivity index (χ4v) is 2.51. The number of para-hydroxylation sites is 1. The van der Waals surface area contributed by atoms with E-state index in [1.54, 1.807) is 4.57 Å². The molecule has 0 aliphatic carbocycles. The van der Waals surface area contributed by atoms with E-state index in [4.69, 9.17) is 5.73 Å². The molecule has 3 aromatic rings. The molecule has 0 fully saturated rings. The minimum atomic E-state index is -1.04. The largest absolute Gasteiger partial charge is 0.475 e. The first-order valence-corrected chi connectivity index (χ1v) is 6.66. The lowest BCUT2D eigenvalue weighted by molar-refractivity contribution is 0.0679. The van der Waals surface area contributed by atoms with Gasteiger partial charge in [0.15, 0.2) is 0 Å². The molecule has 1 heterocycles. The van der Waals surface area contributed by atoms with Crippen molar-refractivity contribution in [3.8, 4) is 0 Å². The number of carbonyl (C=O) groups is 1. The topological polar surface area (TPSA) is 81.1 Å². The molecule has 0 unspecified atom stereocenters. The summed E-state index contributed by atoms with van der Waals surface area (Å²) >= 11 is 0. The summed E-state index contributed by atoms with van der Waals surface area (Å²) in [6, 6.07) is 15.3. The van der Waals surface area contributed by atoms with Crippen molar-refractivity contribution >= 4 is 17.0 Å². The van der Waals surface area contributed by atoms with Crippen molar-refractivity contribution < 1.29 is 9.90 Å². The summed E-state index contributed by atoms with van der Waals surface area (Å²) < 4.78 is 1.72. The SMILES string of the molecule is NCc1cccc2nc(C(=O)O)n(Cc3ccccc3)c12. The molecule has 21 heavy (non-hydrogen) atoms. The predicted octanol–water partition coefficient (Wildman–Crippen LogP) is 2.24. The van der Waals surface area contributed by atoms with Crippen LogP contribution >= 0.6 is 0 Å². The van der Waals surface area contributed by atoms with Crippen LogP contribution in [0.15, 0.2) is 48.5 Å². The van der Waals surface area contributed by atoms with Crippen molar-refractivity contribution in [2.45, 2.75) is 13.1 Å². The monoisotopic (exact) mass is 281 g/mol. The third-order valence-electron chi connectivity index (χ3n) is 3.44. The molecule has 5 nitrogen and oxygen atoms in total. The predicted molar refractivity (Wildman–Crippen MR) is 80.1 cm³/mol. The van der Waals surface area contributed by atoms with Gasteiger partial charge in [-0.05, 0) is 17.2 Å². The first-order chi connectivity index (χ1) is 10.2. The van der Waals surface area contributed by atoms with E-state index in [0.717, 1.165) is 16.6 Å². The first kappa shape index (κ1) is 13.3. The Hall–Kier alpha value is -2.66. The number of carboxylic acid groups (broad SMARTS) is 1. The zero-order chi connectivity index (χ0) is 14.8. The Morgan fingerprint density at radius 2 is 1.90 bits per heavy atom. The summed E-state index contributed by atoms with van der Waals surface area (Å²) in [4.78, 5) is 15.7. The van der Waals surface area contributed by atoms with E-state index in [1.807, 2.05) is 48.5 Å². The zero-order valence-corrected chi connectivity index (χ0v) is 11.4. The molecule has 2 aromatic carbocycles. The molecule has 106 valence electrons. The lowest BCUT2D eigenvalue weighted by atomic mass is 10.1. The van der Waals surface area contributed by atoms with Gasteiger partial charge in [-0.2, -0.15) is 0 Å². The van der Waals surface area contributed by atoms with Crippen LogP contribution in [0.5, 0.6) is 0 Å². The van der Waals surface area contributed by atoms with Gasteiger partial charge in [-0.25, -0.2) is 9.78 Å². The number of nitrogens with zero attached hydrogens (tertiary/aromatic N) is 2. The van der Waals surface area contributed by atoms with Crippen molar-refractivity contribution in [3.05, 3.63) is 65.5 Å². The highest BCUT2D eigenvalue weighted by atomic mass is 16.4. The maximum Gasteiger partial charge on any atom is 0.372 e. The number of carboxylic acids is 1. The number of aromatic carboxylic acids is 1. The molecule has 0 aliphatic heterocycles. The molecular weight excluding hydrogens is 266 g/mol. The van der Waals surface area contributed by atoms with E-state index in [0.29, 0.717) is 18.6 Å². The van der Waals surface area contributed by atoms with E-state index in [1.165, 1.54) is 0 Å². The van der Waals surface area contributed by atoms with Crippen LogP contribution in [0.3, 0.4) is 0 Å².